The Hall–Kier alpha value is -3.45. The van der Waals surface area contributed by atoms with Crippen LogP contribution in [0.2, 0.25) is 0 Å². The maximum atomic E-state index is 12.6. The highest BCUT2D eigenvalue weighted by Crippen LogP contribution is 2.38. The van der Waals surface area contributed by atoms with Crippen molar-refractivity contribution in [3.8, 4) is 0 Å². The minimum Gasteiger partial charge on any atom is -0.465 e. The van der Waals surface area contributed by atoms with E-state index in [2.05, 4.69) is 49.1 Å². The third-order valence-corrected chi connectivity index (χ3v) is 7.51. The number of benzene rings is 3. The van der Waals surface area contributed by atoms with Gasteiger partial charge in [-0.15, -0.1) is 0 Å². The molecule has 0 radical (unpaired) electrons. The summed E-state index contributed by atoms with van der Waals surface area (Å²) in [5.74, 6) is -0.452. The summed E-state index contributed by atoms with van der Waals surface area (Å²) >= 11 is 1.71. The van der Waals surface area contributed by atoms with Crippen LogP contribution in [0.1, 0.15) is 28.4 Å². The molecular weight excluding hydrogens is 460 g/mol. The molecule has 1 aliphatic rings. The van der Waals surface area contributed by atoms with Crippen molar-refractivity contribution in [2.75, 3.05) is 24.5 Å². The summed E-state index contributed by atoms with van der Waals surface area (Å²) in [6.45, 7) is 7.29. The van der Waals surface area contributed by atoms with Crippen molar-refractivity contribution in [3.63, 3.8) is 0 Å². The second kappa shape index (κ2) is 10.9. The van der Waals surface area contributed by atoms with Gasteiger partial charge in [0.1, 0.15) is 6.10 Å². The van der Waals surface area contributed by atoms with Crippen LogP contribution in [0.5, 0.6) is 0 Å². The molecule has 2 unspecified atom stereocenters. The SMILES string of the molecule is Cc1ccc(Sc2ccccc2N2CCN(C(=O)O)C(C(C)OC(=O)c3ccccc3)C2)c(C)c1. The summed E-state index contributed by atoms with van der Waals surface area (Å²) in [5, 5.41) is 9.83. The first-order valence-corrected chi connectivity index (χ1v) is 12.5. The summed E-state index contributed by atoms with van der Waals surface area (Å²) < 4.78 is 5.72. The smallest absolute Gasteiger partial charge is 0.407 e. The average Bonchev–Trinajstić information content (AvgIpc) is 2.86. The molecular formula is C28H30N2O4S. The molecule has 6 nitrogen and oxygen atoms in total. The Morgan fingerprint density at radius 2 is 1.69 bits per heavy atom. The number of amides is 1. The van der Waals surface area contributed by atoms with Gasteiger partial charge in [-0.25, -0.2) is 9.59 Å². The predicted octanol–water partition coefficient (Wildman–Crippen LogP) is 5.87. The largest absolute Gasteiger partial charge is 0.465 e. The van der Waals surface area contributed by atoms with Gasteiger partial charge in [0, 0.05) is 29.4 Å². The van der Waals surface area contributed by atoms with Gasteiger partial charge in [0.15, 0.2) is 0 Å². The average molecular weight is 491 g/mol. The number of hydrogen-bond donors (Lipinski definition) is 1. The maximum Gasteiger partial charge on any atom is 0.407 e. The minimum absolute atomic E-state index is 0.329. The summed E-state index contributed by atoms with van der Waals surface area (Å²) in [5.41, 5.74) is 3.95. The van der Waals surface area contributed by atoms with Crippen LogP contribution in [0.15, 0.2) is 82.6 Å². The first-order valence-electron chi connectivity index (χ1n) is 11.7. The Bertz CT molecular complexity index is 1200. The molecule has 0 saturated carbocycles. The van der Waals surface area contributed by atoms with Crippen molar-refractivity contribution >= 4 is 29.5 Å². The van der Waals surface area contributed by atoms with Crippen molar-refractivity contribution in [2.45, 2.75) is 42.7 Å². The van der Waals surface area contributed by atoms with Crippen LogP contribution in [-0.4, -0.2) is 53.8 Å². The van der Waals surface area contributed by atoms with Crippen molar-refractivity contribution in [1.29, 1.82) is 0 Å². The van der Waals surface area contributed by atoms with Crippen molar-refractivity contribution in [2.24, 2.45) is 0 Å². The minimum atomic E-state index is -1.00. The lowest BCUT2D eigenvalue weighted by atomic mass is 10.1. The number of anilines is 1. The lowest BCUT2D eigenvalue weighted by Gasteiger charge is -2.43. The molecule has 1 amide bonds. The van der Waals surface area contributed by atoms with Crippen LogP contribution >= 0.6 is 11.8 Å². The highest BCUT2D eigenvalue weighted by atomic mass is 32.2. The third-order valence-electron chi connectivity index (χ3n) is 6.26. The Morgan fingerprint density at radius 3 is 2.40 bits per heavy atom. The van der Waals surface area contributed by atoms with Gasteiger partial charge in [-0.1, -0.05) is 59.8 Å². The molecule has 4 rings (SSSR count). The fourth-order valence-corrected chi connectivity index (χ4v) is 5.44. The molecule has 1 saturated heterocycles. The number of aryl methyl sites for hydroxylation is 2. The van der Waals surface area contributed by atoms with E-state index in [9.17, 15) is 14.7 Å². The third kappa shape index (κ3) is 5.80. The zero-order valence-electron chi connectivity index (χ0n) is 20.2. The number of nitrogens with zero attached hydrogens (tertiary/aromatic N) is 2. The summed E-state index contributed by atoms with van der Waals surface area (Å²) in [4.78, 5) is 30.5. The quantitative estimate of drug-likeness (QED) is 0.436. The second-order valence-electron chi connectivity index (χ2n) is 8.80. The van der Waals surface area contributed by atoms with E-state index in [4.69, 9.17) is 4.74 Å². The topological polar surface area (TPSA) is 70.1 Å². The number of para-hydroxylation sites is 1. The van der Waals surface area contributed by atoms with Gasteiger partial charge in [-0.2, -0.15) is 0 Å². The highest BCUT2D eigenvalue weighted by Gasteiger charge is 2.36. The first kappa shape index (κ1) is 24.7. The van der Waals surface area contributed by atoms with E-state index in [1.807, 2.05) is 18.2 Å². The number of esters is 1. The van der Waals surface area contributed by atoms with E-state index in [0.29, 0.717) is 25.2 Å². The molecule has 0 spiro atoms. The van der Waals surface area contributed by atoms with Gasteiger partial charge in [0.2, 0.25) is 0 Å². The van der Waals surface area contributed by atoms with Crippen LogP contribution in [-0.2, 0) is 4.74 Å². The summed E-state index contributed by atoms with van der Waals surface area (Å²) in [7, 11) is 0. The van der Waals surface area contributed by atoms with Gasteiger partial charge in [0.05, 0.1) is 17.3 Å². The van der Waals surface area contributed by atoms with Crippen LogP contribution in [0.3, 0.4) is 0 Å². The normalized spacial score (nSPS) is 16.6. The van der Waals surface area contributed by atoms with Gasteiger partial charge < -0.3 is 14.7 Å². The number of piperazine rings is 1. The molecule has 3 aromatic carbocycles. The van der Waals surface area contributed by atoms with Crippen molar-refractivity contribution in [1.82, 2.24) is 4.90 Å². The number of carboxylic acid groups (broad SMARTS) is 1. The molecule has 2 atom stereocenters. The standard InChI is InChI=1S/C28H30N2O4S/c1-19-13-14-25(20(2)17-19)35-26-12-8-7-11-23(26)29-15-16-30(28(32)33)24(18-29)21(3)34-27(31)22-9-5-4-6-10-22/h4-14,17,21,24H,15-16,18H2,1-3H3,(H,32,33). The summed E-state index contributed by atoms with van der Waals surface area (Å²) in [6, 6.07) is 22.9. The van der Waals surface area contributed by atoms with Crippen LogP contribution in [0.4, 0.5) is 10.5 Å². The van der Waals surface area contributed by atoms with Gasteiger partial charge in [-0.3, -0.25) is 4.90 Å². The first-order chi connectivity index (χ1) is 16.8. The predicted molar refractivity (Wildman–Crippen MR) is 139 cm³/mol. The molecule has 35 heavy (non-hydrogen) atoms. The van der Waals surface area contributed by atoms with Gasteiger partial charge >= 0.3 is 12.1 Å². The van der Waals surface area contributed by atoms with E-state index in [1.54, 1.807) is 43.0 Å². The van der Waals surface area contributed by atoms with E-state index in [0.717, 1.165) is 10.6 Å². The molecule has 1 heterocycles. The van der Waals surface area contributed by atoms with Crippen LogP contribution < -0.4 is 4.90 Å². The van der Waals surface area contributed by atoms with E-state index in [-0.39, 0.29) is 0 Å². The van der Waals surface area contributed by atoms with Crippen LogP contribution in [0.25, 0.3) is 0 Å². The number of carbonyl (C=O) groups excluding carboxylic acids is 1. The Labute approximate surface area is 210 Å². The van der Waals surface area contributed by atoms with Gasteiger partial charge in [0.25, 0.3) is 0 Å². The van der Waals surface area contributed by atoms with Crippen molar-refractivity contribution in [3.05, 3.63) is 89.5 Å². The number of hydrogen-bond acceptors (Lipinski definition) is 5. The molecule has 0 bridgehead atoms. The fourth-order valence-electron chi connectivity index (χ4n) is 4.39. The molecule has 0 aromatic heterocycles. The van der Waals surface area contributed by atoms with E-state index >= 15 is 0 Å². The Balaban J connectivity index is 1.55. The number of carbonyl (C=O) groups is 2. The highest BCUT2D eigenvalue weighted by molar-refractivity contribution is 7.99. The zero-order valence-corrected chi connectivity index (χ0v) is 21.0. The van der Waals surface area contributed by atoms with Crippen molar-refractivity contribution < 1.29 is 19.4 Å². The number of ether oxygens (including phenoxy) is 1. The van der Waals surface area contributed by atoms with E-state index < -0.39 is 24.2 Å². The molecule has 0 aliphatic carbocycles. The lowest BCUT2D eigenvalue weighted by Crippen LogP contribution is -2.59. The monoisotopic (exact) mass is 490 g/mol. The number of rotatable bonds is 6. The fraction of sp³-hybridized carbons (Fsp3) is 0.286. The van der Waals surface area contributed by atoms with Gasteiger partial charge in [-0.05, 0) is 56.7 Å². The molecule has 1 aliphatic heterocycles. The Morgan fingerprint density at radius 1 is 0.971 bits per heavy atom. The molecule has 1 N–H and O–H groups in total. The van der Waals surface area contributed by atoms with E-state index in [1.165, 1.54) is 20.9 Å². The molecule has 3 aromatic rings. The second-order valence-corrected chi connectivity index (χ2v) is 9.89. The molecule has 7 heteroatoms. The summed E-state index contributed by atoms with van der Waals surface area (Å²) in [6.07, 6.45) is -1.61. The molecule has 1 fully saturated rings. The van der Waals surface area contributed by atoms with Crippen LogP contribution in [0, 0.1) is 13.8 Å². The Kier molecular flexibility index (Phi) is 7.66. The lowest BCUT2D eigenvalue weighted by molar-refractivity contribution is 0.00427. The maximum absolute atomic E-state index is 12.6. The molecule has 182 valence electrons. The zero-order chi connectivity index (χ0) is 24.9.